The quantitative estimate of drug-likeness (QED) is 0.276. The fourth-order valence-corrected chi connectivity index (χ4v) is 5.06. The lowest BCUT2D eigenvalue weighted by molar-refractivity contribution is -0.142. The lowest BCUT2D eigenvalue weighted by Crippen LogP contribution is -2.61. The lowest BCUT2D eigenvalue weighted by Gasteiger charge is -2.30. The van der Waals surface area contributed by atoms with Crippen LogP contribution < -0.4 is 27.0 Å². The van der Waals surface area contributed by atoms with E-state index in [1.165, 1.54) is 11.8 Å². The van der Waals surface area contributed by atoms with E-state index in [0.717, 1.165) is 5.56 Å². The molecule has 0 radical (unpaired) electrons. The van der Waals surface area contributed by atoms with Crippen LogP contribution in [0, 0.1) is 0 Å². The fraction of sp³-hybridized carbons (Fsp3) is 0.607. The minimum Gasteiger partial charge on any atom is -0.391 e. The molecule has 12 nitrogen and oxygen atoms in total. The summed E-state index contributed by atoms with van der Waals surface area (Å²) in [5, 5.41) is 21.1. The van der Waals surface area contributed by atoms with Crippen molar-refractivity contribution < 1.29 is 29.1 Å². The number of benzene rings is 1. The van der Waals surface area contributed by atoms with Crippen LogP contribution in [0.15, 0.2) is 30.3 Å². The van der Waals surface area contributed by atoms with E-state index < -0.39 is 59.9 Å². The maximum Gasteiger partial charge on any atom is 0.246 e. The number of aliphatic hydroxyl groups is 1. The van der Waals surface area contributed by atoms with Crippen LogP contribution >= 0.6 is 0 Å². The monoisotopic (exact) mass is 558 g/mol. The molecule has 2 heterocycles. The highest BCUT2D eigenvalue weighted by molar-refractivity contribution is 5.96. The summed E-state index contributed by atoms with van der Waals surface area (Å²) in [5.41, 5.74) is 6.82. The maximum atomic E-state index is 13.8. The van der Waals surface area contributed by atoms with Gasteiger partial charge in [-0.2, -0.15) is 0 Å². The molecule has 6 atom stereocenters. The van der Waals surface area contributed by atoms with E-state index in [4.69, 9.17) is 5.73 Å². The summed E-state index contributed by atoms with van der Waals surface area (Å²) in [4.78, 5) is 67.4. The topological polar surface area (TPSA) is 183 Å². The number of hydrogen-bond donors (Lipinski definition) is 6. The van der Waals surface area contributed by atoms with E-state index in [1.54, 1.807) is 6.92 Å². The Bertz CT molecular complexity index is 1050. The molecule has 1 aromatic rings. The van der Waals surface area contributed by atoms with E-state index >= 15 is 0 Å². The zero-order chi connectivity index (χ0) is 29.2. The van der Waals surface area contributed by atoms with Crippen molar-refractivity contribution in [3.8, 4) is 0 Å². The predicted molar refractivity (Wildman–Crippen MR) is 147 cm³/mol. The Morgan fingerprint density at radius 1 is 0.900 bits per heavy atom. The molecule has 40 heavy (non-hydrogen) atoms. The summed E-state index contributed by atoms with van der Waals surface area (Å²) in [6.45, 7) is 3.79. The molecule has 2 saturated heterocycles. The molecule has 0 aromatic heterocycles. The maximum absolute atomic E-state index is 13.8. The van der Waals surface area contributed by atoms with Crippen LogP contribution in [0.2, 0.25) is 0 Å². The van der Waals surface area contributed by atoms with Crippen molar-refractivity contribution >= 4 is 29.5 Å². The first kappa shape index (κ1) is 31.0. The Morgan fingerprint density at radius 2 is 1.60 bits per heavy atom. The van der Waals surface area contributed by atoms with Gasteiger partial charge in [-0.15, -0.1) is 0 Å². The van der Waals surface area contributed by atoms with E-state index in [9.17, 15) is 29.1 Å². The number of rotatable bonds is 4. The largest absolute Gasteiger partial charge is 0.391 e. The second-order valence-corrected chi connectivity index (χ2v) is 10.5. The number of nitrogens with two attached hydrogens (primary N) is 1. The number of nitrogens with zero attached hydrogens (tertiary/aromatic N) is 1. The minimum atomic E-state index is -1.39. The molecule has 0 aliphatic carbocycles. The molecule has 0 saturated carbocycles. The summed E-state index contributed by atoms with van der Waals surface area (Å²) in [5.74, 6) is -2.59. The second kappa shape index (κ2) is 14.8. The zero-order valence-electron chi connectivity index (χ0n) is 23.2. The van der Waals surface area contributed by atoms with Gasteiger partial charge >= 0.3 is 0 Å². The molecular weight excluding hydrogens is 516 g/mol. The van der Waals surface area contributed by atoms with Crippen molar-refractivity contribution in [3.63, 3.8) is 0 Å². The van der Waals surface area contributed by atoms with Gasteiger partial charge in [0.1, 0.15) is 24.2 Å². The summed E-state index contributed by atoms with van der Waals surface area (Å²) in [7, 11) is 0. The first-order valence-corrected chi connectivity index (χ1v) is 14.1. The second-order valence-electron chi connectivity index (χ2n) is 10.5. The van der Waals surface area contributed by atoms with Gasteiger partial charge < -0.3 is 37.0 Å². The Hall–Kier alpha value is -3.51. The number of carbonyl (C=O) groups is 5. The smallest absolute Gasteiger partial charge is 0.246 e. The molecule has 12 heteroatoms. The molecule has 220 valence electrons. The van der Waals surface area contributed by atoms with Crippen LogP contribution in [0.3, 0.4) is 0 Å². The molecular formula is C28H42N6O6. The van der Waals surface area contributed by atoms with Crippen molar-refractivity contribution in [3.05, 3.63) is 35.9 Å². The Labute approximate surface area is 234 Å². The third-order valence-electron chi connectivity index (χ3n) is 7.42. The van der Waals surface area contributed by atoms with Gasteiger partial charge in [0.2, 0.25) is 29.5 Å². The van der Waals surface area contributed by atoms with Crippen LogP contribution in [0.4, 0.5) is 0 Å². The van der Waals surface area contributed by atoms with E-state index in [2.05, 4.69) is 21.3 Å². The number of nitrogens with one attached hydrogen (secondary N) is 4. The third kappa shape index (κ3) is 8.25. The van der Waals surface area contributed by atoms with Crippen LogP contribution in [-0.4, -0.2) is 88.9 Å². The first-order valence-electron chi connectivity index (χ1n) is 14.1. The summed E-state index contributed by atoms with van der Waals surface area (Å²) >= 11 is 0. The highest BCUT2D eigenvalue weighted by Gasteiger charge is 2.39. The Kier molecular flexibility index (Phi) is 11.4. The molecule has 0 unspecified atom stereocenters. The predicted octanol–water partition coefficient (Wildman–Crippen LogP) is -0.907. The zero-order valence-corrected chi connectivity index (χ0v) is 23.2. The van der Waals surface area contributed by atoms with Gasteiger partial charge in [-0.1, -0.05) is 37.3 Å². The molecule has 7 N–H and O–H groups in total. The molecule has 1 aromatic carbocycles. The van der Waals surface area contributed by atoms with E-state index in [-0.39, 0.29) is 18.7 Å². The molecule has 3 rings (SSSR count). The standard InChI is InChI=1S/C28H42N6O6/c1-3-20-25(37)33-23(17(2)35)27(39)32-21(16-18-10-5-4-6-11-18)28(40)34-15-9-13-22(34)26(38)30-14-8-7-12-19(29)24(36)31-20/h4-6,10-11,17,19-23,35H,3,7-9,12-16,29H2,1-2H3,(H,30,38)(H,31,36)(H,32,39)(H,33,37)/t17-,19+,20+,21-,22+,23+/m1/s1. The van der Waals surface area contributed by atoms with Crippen LogP contribution in [-0.2, 0) is 30.4 Å². The van der Waals surface area contributed by atoms with E-state index in [0.29, 0.717) is 45.2 Å². The van der Waals surface area contributed by atoms with Crippen molar-refractivity contribution in [1.29, 1.82) is 0 Å². The van der Waals surface area contributed by atoms with Gasteiger partial charge in [-0.3, -0.25) is 24.0 Å². The van der Waals surface area contributed by atoms with Gasteiger partial charge in [-0.25, -0.2) is 0 Å². The highest BCUT2D eigenvalue weighted by atomic mass is 16.3. The SMILES string of the molecule is CC[C@@H]1NC(=O)[C@@H](N)CCCCNC(=O)[C@@H]2CCCN2C(=O)[C@@H](Cc2ccccc2)NC(=O)[C@H]([C@@H](C)O)NC1=O. The molecule has 2 aliphatic rings. The van der Waals surface area contributed by atoms with Gasteiger partial charge in [0.25, 0.3) is 0 Å². The summed E-state index contributed by atoms with van der Waals surface area (Å²) in [6, 6.07) is 4.22. The Balaban J connectivity index is 1.91. The number of fused-ring (bicyclic) bond motifs is 1. The molecule has 0 spiro atoms. The van der Waals surface area contributed by atoms with Gasteiger partial charge in [0, 0.05) is 19.5 Å². The van der Waals surface area contributed by atoms with Crippen molar-refractivity contribution in [2.45, 2.75) is 95.1 Å². The number of carbonyl (C=O) groups excluding carboxylic acids is 5. The van der Waals surface area contributed by atoms with Crippen molar-refractivity contribution in [1.82, 2.24) is 26.2 Å². The number of hydrogen-bond acceptors (Lipinski definition) is 7. The number of aliphatic hydroxyl groups excluding tert-OH is 1. The number of amides is 5. The third-order valence-corrected chi connectivity index (χ3v) is 7.42. The minimum absolute atomic E-state index is 0.155. The normalized spacial score (nSPS) is 28.6. The molecule has 2 aliphatic heterocycles. The first-order chi connectivity index (χ1) is 19.1. The molecule has 2 fully saturated rings. The van der Waals surface area contributed by atoms with Crippen molar-refractivity contribution in [2.75, 3.05) is 13.1 Å². The lowest BCUT2D eigenvalue weighted by atomic mass is 10.0. The van der Waals surface area contributed by atoms with Crippen molar-refractivity contribution in [2.24, 2.45) is 5.73 Å². The fourth-order valence-electron chi connectivity index (χ4n) is 5.06. The molecule has 0 bridgehead atoms. The van der Waals surface area contributed by atoms with E-state index in [1.807, 2.05) is 30.3 Å². The average Bonchev–Trinajstić information content (AvgIpc) is 3.43. The van der Waals surface area contributed by atoms with Crippen LogP contribution in [0.5, 0.6) is 0 Å². The van der Waals surface area contributed by atoms with Crippen LogP contribution in [0.1, 0.15) is 57.9 Å². The van der Waals surface area contributed by atoms with Gasteiger partial charge in [0.15, 0.2) is 0 Å². The highest BCUT2D eigenvalue weighted by Crippen LogP contribution is 2.20. The summed E-state index contributed by atoms with van der Waals surface area (Å²) in [6.07, 6.45) is 1.75. The van der Waals surface area contributed by atoms with Gasteiger partial charge in [-0.05, 0) is 51.0 Å². The average molecular weight is 559 g/mol. The Morgan fingerprint density at radius 3 is 2.27 bits per heavy atom. The van der Waals surface area contributed by atoms with Gasteiger partial charge in [0.05, 0.1) is 12.1 Å². The molecule has 5 amide bonds. The van der Waals surface area contributed by atoms with Crippen LogP contribution in [0.25, 0.3) is 0 Å². The summed E-state index contributed by atoms with van der Waals surface area (Å²) < 4.78 is 0.